The summed E-state index contributed by atoms with van der Waals surface area (Å²) in [7, 11) is 0. The molecule has 0 aliphatic heterocycles. The van der Waals surface area contributed by atoms with Crippen LogP contribution in [0.2, 0.25) is 0 Å². The molecule has 2 rings (SSSR count). The topological polar surface area (TPSA) is 95.1 Å². The molecule has 106 valence electrons. The number of H-pyrrole nitrogens is 1. The summed E-state index contributed by atoms with van der Waals surface area (Å²) in [5.41, 5.74) is -0.279. The lowest BCUT2D eigenvalue weighted by molar-refractivity contribution is 0.0684. The normalized spacial score (nSPS) is 12.1. The van der Waals surface area contributed by atoms with E-state index in [-0.39, 0.29) is 17.4 Å². The van der Waals surface area contributed by atoms with Crippen molar-refractivity contribution >= 4 is 23.2 Å². The highest BCUT2D eigenvalue weighted by molar-refractivity contribution is 7.10. The molecule has 0 radical (unpaired) electrons. The third kappa shape index (κ3) is 3.05. The maximum absolute atomic E-state index is 12.2. The van der Waals surface area contributed by atoms with Gasteiger partial charge in [0.1, 0.15) is 0 Å². The van der Waals surface area contributed by atoms with Crippen molar-refractivity contribution in [3.8, 4) is 0 Å². The number of carbonyl (C=O) groups is 2. The van der Waals surface area contributed by atoms with E-state index in [1.165, 1.54) is 6.33 Å². The highest BCUT2D eigenvalue weighted by Crippen LogP contribution is 2.23. The minimum atomic E-state index is -1.20. The molecule has 1 atom stereocenters. The van der Waals surface area contributed by atoms with E-state index in [1.807, 2.05) is 24.4 Å². The van der Waals surface area contributed by atoms with Crippen LogP contribution in [0.15, 0.2) is 23.8 Å². The molecule has 2 heterocycles. The first-order valence-electron chi connectivity index (χ1n) is 6.24. The minimum absolute atomic E-state index is 0.0878. The van der Waals surface area contributed by atoms with Crippen molar-refractivity contribution in [3.63, 3.8) is 0 Å². The maximum Gasteiger partial charge on any atom is 0.354 e. The summed E-state index contributed by atoms with van der Waals surface area (Å²) in [5, 5.41) is 13.8. The molecule has 0 bridgehead atoms. The molecule has 0 aliphatic rings. The number of nitrogens with one attached hydrogen (secondary N) is 2. The zero-order valence-corrected chi connectivity index (χ0v) is 11.7. The smallest absolute Gasteiger partial charge is 0.354 e. The second-order valence-electron chi connectivity index (χ2n) is 4.26. The molecule has 1 amide bonds. The number of rotatable bonds is 6. The maximum atomic E-state index is 12.2. The number of imidazole rings is 1. The van der Waals surface area contributed by atoms with Gasteiger partial charge in [0.2, 0.25) is 0 Å². The fourth-order valence-electron chi connectivity index (χ4n) is 1.92. The van der Waals surface area contributed by atoms with Gasteiger partial charge in [0.05, 0.1) is 12.4 Å². The van der Waals surface area contributed by atoms with Crippen LogP contribution in [0.1, 0.15) is 51.7 Å². The third-order valence-electron chi connectivity index (χ3n) is 2.84. The van der Waals surface area contributed by atoms with E-state index in [2.05, 4.69) is 15.3 Å². The van der Waals surface area contributed by atoms with Gasteiger partial charge in [-0.2, -0.15) is 0 Å². The van der Waals surface area contributed by atoms with Crippen molar-refractivity contribution in [3.05, 3.63) is 40.1 Å². The minimum Gasteiger partial charge on any atom is -0.477 e. The van der Waals surface area contributed by atoms with Crippen molar-refractivity contribution in [1.82, 2.24) is 15.3 Å². The first-order valence-corrected chi connectivity index (χ1v) is 7.12. The highest BCUT2D eigenvalue weighted by atomic mass is 32.1. The summed E-state index contributed by atoms with van der Waals surface area (Å²) in [4.78, 5) is 30.4. The van der Waals surface area contributed by atoms with Crippen molar-refractivity contribution in [1.29, 1.82) is 0 Å². The number of thiophene rings is 1. The lowest BCUT2D eigenvalue weighted by Gasteiger charge is -2.16. The molecule has 20 heavy (non-hydrogen) atoms. The quantitative estimate of drug-likeness (QED) is 0.762. The molecule has 0 aromatic carbocycles. The fourth-order valence-corrected chi connectivity index (χ4v) is 2.73. The Labute approximate surface area is 119 Å². The Hall–Kier alpha value is -2.15. The van der Waals surface area contributed by atoms with Gasteiger partial charge >= 0.3 is 5.97 Å². The van der Waals surface area contributed by atoms with Crippen LogP contribution in [0.25, 0.3) is 0 Å². The van der Waals surface area contributed by atoms with Crippen molar-refractivity contribution in [2.75, 3.05) is 0 Å². The van der Waals surface area contributed by atoms with Crippen LogP contribution in [0.3, 0.4) is 0 Å². The average Bonchev–Trinajstić information content (AvgIpc) is 3.09. The first-order chi connectivity index (χ1) is 9.63. The van der Waals surface area contributed by atoms with Gasteiger partial charge in [0.25, 0.3) is 5.91 Å². The molecule has 1 unspecified atom stereocenters. The van der Waals surface area contributed by atoms with Gasteiger partial charge in [-0.25, -0.2) is 9.78 Å². The van der Waals surface area contributed by atoms with Crippen LogP contribution in [0.4, 0.5) is 0 Å². The number of carboxylic acid groups (broad SMARTS) is 1. The average molecular weight is 293 g/mol. The molecule has 7 heteroatoms. The number of aromatic carboxylic acids is 1. The molecule has 0 saturated carbocycles. The lowest BCUT2D eigenvalue weighted by Crippen LogP contribution is -2.29. The molecule has 0 spiro atoms. The number of carboxylic acids is 1. The summed E-state index contributed by atoms with van der Waals surface area (Å²) >= 11 is 1.56. The first kappa shape index (κ1) is 14.3. The van der Waals surface area contributed by atoms with Gasteiger partial charge in [0.15, 0.2) is 11.4 Å². The fraction of sp³-hybridized carbons (Fsp3) is 0.308. The van der Waals surface area contributed by atoms with Crippen LogP contribution in [-0.2, 0) is 0 Å². The zero-order chi connectivity index (χ0) is 14.5. The van der Waals surface area contributed by atoms with Gasteiger partial charge in [-0.15, -0.1) is 11.3 Å². The van der Waals surface area contributed by atoms with E-state index < -0.39 is 11.9 Å². The van der Waals surface area contributed by atoms with E-state index in [0.29, 0.717) is 0 Å². The SMILES string of the molecule is CCCC(NC(=O)c1nc[nH]c1C(=O)O)c1cccs1. The summed E-state index contributed by atoms with van der Waals surface area (Å²) in [6, 6.07) is 3.76. The summed E-state index contributed by atoms with van der Waals surface area (Å²) < 4.78 is 0. The Morgan fingerprint density at radius 3 is 2.95 bits per heavy atom. The van der Waals surface area contributed by atoms with Crippen LogP contribution in [-0.4, -0.2) is 27.0 Å². The van der Waals surface area contributed by atoms with Gasteiger partial charge in [-0.1, -0.05) is 19.4 Å². The highest BCUT2D eigenvalue weighted by Gasteiger charge is 2.22. The Morgan fingerprint density at radius 2 is 2.35 bits per heavy atom. The Bertz CT molecular complexity index is 592. The van der Waals surface area contributed by atoms with Crippen molar-refractivity contribution in [2.24, 2.45) is 0 Å². The van der Waals surface area contributed by atoms with E-state index in [4.69, 9.17) is 5.11 Å². The summed E-state index contributed by atoms with van der Waals surface area (Å²) in [6.45, 7) is 2.03. The number of amides is 1. The molecule has 3 N–H and O–H groups in total. The third-order valence-corrected chi connectivity index (χ3v) is 3.82. The molecule has 0 saturated heterocycles. The van der Waals surface area contributed by atoms with Gasteiger partial charge in [-0.05, 0) is 17.9 Å². The molecular formula is C13H15N3O3S. The molecule has 0 aliphatic carbocycles. The summed E-state index contributed by atoms with van der Waals surface area (Å²) in [5.74, 6) is -1.67. The van der Waals surface area contributed by atoms with Gasteiger partial charge in [-0.3, -0.25) is 4.79 Å². The van der Waals surface area contributed by atoms with Crippen LogP contribution in [0.5, 0.6) is 0 Å². The summed E-state index contributed by atoms with van der Waals surface area (Å²) in [6.07, 6.45) is 2.91. The lowest BCUT2D eigenvalue weighted by atomic mass is 10.1. The van der Waals surface area contributed by atoms with Gasteiger partial charge in [0, 0.05) is 4.88 Å². The van der Waals surface area contributed by atoms with E-state index >= 15 is 0 Å². The van der Waals surface area contributed by atoms with E-state index in [1.54, 1.807) is 11.3 Å². The number of nitrogens with zero attached hydrogens (tertiary/aromatic N) is 1. The van der Waals surface area contributed by atoms with Crippen molar-refractivity contribution < 1.29 is 14.7 Å². The predicted octanol–water partition coefficient (Wildman–Crippen LogP) is 2.44. The number of hydrogen-bond acceptors (Lipinski definition) is 4. The Morgan fingerprint density at radius 1 is 1.55 bits per heavy atom. The van der Waals surface area contributed by atoms with Crippen LogP contribution >= 0.6 is 11.3 Å². The van der Waals surface area contributed by atoms with E-state index in [9.17, 15) is 9.59 Å². The molecule has 6 nitrogen and oxygen atoms in total. The molecular weight excluding hydrogens is 278 g/mol. The zero-order valence-electron chi connectivity index (χ0n) is 10.9. The van der Waals surface area contributed by atoms with Crippen LogP contribution < -0.4 is 5.32 Å². The molecule has 2 aromatic rings. The van der Waals surface area contributed by atoms with Gasteiger partial charge < -0.3 is 15.4 Å². The second-order valence-corrected chi connectivity index (χ2v) is 5.24. The monoisotopic (exact) mass is 293 g/mol. The van der Waals surface area contributed by atoms with Crippen molar-refractivity contribution in [2.45, 2.75) is 25.8 Å². The van der Waals surface area contributed by atoms with E-state index in [0.717, 1.165) is 17.7 Å². The molecule has 2 aromatic heterocycles. The van der Waals surface area contributed by atoms with Crippen LogP contribution in [0, 0.1) is 0 Å². The number of aromatic amines is 1. The largest absolute Gasteiger partial charge is 0.477 e. The number of carbonyl (C=O) groups excluding carboxylic acids is 1. The Kier molecular flexibility index (Phi) is 4.52. The second kappa shape index (κ2) is 6.33. The standard InChI is InChI=1S/C13H15N3O3S/c1-2-4-8(9-5-3-6-20-9)16-12(17)10-11(13(18)19)15-7-14-10/h3,5-8H,2,4H2,1H3,(H,14,15)(H,16,17)(H,18,19). The number of hydrogen-bond donors (Lipinski definition) is 3. The Balaban J connectivity index is 2.16. The predicted molar refractivity (Wildman–Crippen MR) is 75.0 cm³/mol. The number of aromatic nitrogens is 2. The molecule has 0 fully saturated rings.